The minimum Gasteiger partial charge on any atom is -0.444 e. The average molecular weight is 250 g/mol. The van der Waals surface area contributed by atoms with Gasteiger partial charge in [-0.05, 0) is 32.3 Å². The van der Waals surface area contributed by atoms with E-state index in [0.717, 1.165) is 0 Å². The first-order chi connectivity index (χ1) is 7.35. The van der Waals surface area contributed by atoms with Gasteiger partial charge in [0.2, 0.25) is 0 Å². The number of carbonyl (C=O) groups excluding carboxylic acids is 1. The maximum Gasteiger partial charge on any atom is 0.508 e. The first-order valence-corrected chi connectivity index (χ1v) is 6.76. The summed E-state index contributed by atoms with van der Waals surface area (Å²) in [5, 5.41) is 2.59. The van der Waals surface area contributed by atoms with Crippen molar-refractivity contribution in [1.29, 1.82) is 0 Å². The van der Waals surface area contributed by atoms with Gasteiger partial charge in [0.25, 0.3) is 0 Å². The smallest absolute Gasteiger partial charge is 0.444 e. The molecule has 0 saturated heterocycles. The Morgan fingerprint density at radius 3 is 2.50 bits per heavy atom. The minimum atomic E-state index is -1.58. The summed E-state index contributed by atoms with van der Waals surface area (Å²) in [5.41, 5.74) is -0.486. The quantitative estimate of drug-likeness (QED) is 0.581. The van der Waals surface area contributed by atoms with E-state index in [-0.39, 0.29) is 0 Å². The third kappa shape index (κ3) is 9.87. The summed E-state index contributed by atoms with van der Waals surface area (Å²) in [5.74, 6) is 0. The highest BCUT2D eigenvalue weighted by molar-refractivity contribution is 7.39. The predicted octanol–water partition coefficient (Wildman–Crippen LogP) is 2.68. The van der Waals surface area contributed by atoms with Crippen LogP contribution in [-0.4, -0.2) is 31.0 Å². The molecule has 0 aromatic carbocycles. The largest absolute Gasteiger partial charge is 0.508 e. The number of hydrogen-bond acceptors (Lipinski definition) is 4. The van der Waals surface area contributed by atoms with E-state index in [1.54, 1.807) is 27.7 Å². The molecule has 0 aliphatic carbocycles. The van der Waals surface area contributed by atoms with Crippen molar-refractivity contribution in [2.45, 2.75) is 39.7 Å². The highest BCUT2D eigenvalue weighted by atomic mass is 31.1. The Hall–Kier alpha value is -0.670. The SMILES string of the molecule is CCO[P+](=O)CCCNC(=O)OC(C)(C)C. The van der Waals surface area contributed by atoms with Crippen LogP contribution in [0.2, 0.25) is 0 Å². The monoisotopic (exact) mass is 250 g/mol. The molecule has 0 aliphatic heterocycles. The fourth-order valence-corrected chi connectivity index (χ4v) is 1.75. The van der Waals surface area contributed by atoms with Gasteiger partial charge in [0, 0.05) is 13.0 Å². The molecule has 0 aromatic rings. The van der Waals surface area contributed by atoms with Crippen molar-refractivity contribution in [3.8, 4) is 0 Å². The number of rotatable bonds is 6. The van der Waals surface area contributed by atoms with Crippen molar-refractivity contribution >= 4 is 14.1 Å². The zero-order valence-electron chi connectivity index (χ0n) is 10.4. The highest BCUT2D eigenvalue weighted by Gasteiger charge is 2.17. The summed E-state index contributed by atoms with van der Waals surface area (Å²) in [7, 11) is -1.58. The van der Waals surface area contributed by atoms with E-state index in [4.69, 9.17) is 9.26 Å². The third-order valence-corrected chi connectivity index (χ3v) is 2.69. The van der Waals surface area contributed by atoms with Crippen LogP contribution in [0.3, 0.4) is 0 Å². The molecule has 1 amide bonds. The second kappa shape index (κ2) is 7.58. The molecule has 1 atom stereocenters. The molecule has 0 radical (unpaired) electrons. The van der Waals surface area contributed by atoms with E-state index in [1.165, 1.54) is 0 Å². The summed E-state index contributed by atoms with van der Waals surface area (Å²) >= 11 is 0. The van der Waals surface area contributed by atoms with Crippen molar-refractivity contribution in [2.75, 3.05) is 19.3 Å². The topological polar surface area (TPSA) is 64.6 Å². The lowest BCUT2D eigenvalue weighted by Crippen LogP contribution is -2.33. The Morgan fingerprint density at radius 1 is 1.38 bits per heavy atom. The average Bonchev–Trinajstić information content (AvgIpc) is 2.10. The molecule has 0 rings (SSSR count). The molecule has 0 fully saturated rings. The lowest BCUT2D eigenvalue weighted by Gasteiger charge is -2.19. The van der Waals surface area contributed by atoms with Crippen LogP contribution in [0, 0.1) is 0 Å². The Labute approximate surface area is 97.8 Å². The normalized spacial score (nSPS) is 12.1. The van der Waals surface area contributed by atoms with Crippen molar-refractivity contribution in [3.05, 3.63) is 0 Å². The molecule has 0 bridgehead atoms. The Morgan fingerprint density at radius 2 is 2.00 bits per heavy atom. The molecular formula is C10H21NO4P+. The zero-order valence-corrected chi connectivity index (χ0v) is 11.3. The molecular weight excluding hydrogens is 229 g/mol. The van der Waals surface area contributed by atoms with Gasteiger partial charge in [0.1, 0.15) is 5.60 Å². The second-order valence-corrected chi connectivity index (χ2v) is 5.63. The molecule has 1 N–H and O–H groups in total. The van der Waals surface area contributed by atoms with Gasteiger partial charge in [-0.15, -0.1) is 4.52 Å². The fraction of sp³-hybridized carbons (Fsp3) is 0.900. The Bertz CT molecular complexity index is 237. The first kappa shape index (κ1) is 15.3. The lowest BCUT2D eigenvalue weighted by atomic mass is 10.2. The van der Waals surface area contributed by atoms with Gasteiger partial charge in [-0.25, -0.2) is 4.79 Å². The summed E-state index contributed by atoms with van der Waals surface area (Å²) in [6, 6.07) is 0. The van der Waals surface area contributed by atoms with Gasteiger partial charge in [-0.1, -0.05) is 0 Å². The number of nitrogens with one attached hydrogen (secondary N) is 1. The predicted molar refractivity (Wildman–Crippen MR) is 63.0 cm³/mol. The van der Waals surface area contributed by atoms with E-state index >= 15 is 0 Å². The Kier molecular flexibility index (Phi) is 7.26. The summed E-state index contributed by atoms with van der Waals surface area (Å²) in [6.45, 7) is 8.11. The molecule has 0 heterocycles. The number of hydrogen-bond donors (Lipinski definition) is 1. The minimum absolute atomic E-state index is 0.445. The summed E-state index contributed by atoms with van der Waals surface area (Å²) in [6.07, 6.45) is 0.632. The molecule has 5 nitrogen and oxygen atoms in total. The number of alkyl carbamates (subject to hydrolysis) is 1. The van der Waals surface area contributed by atoms with Crippen molar-refractivity contribution in [2.24, 2.45) is 0 Å². The molecule has 0 spiro atoms. The fourth-order valence-electron chi connectivity index (χ4n) is 0.921. The molecule has 0 saturated carbocycles. The van der Waals surface area contributed by atoms with E-state index in [1.807, 2.05) is 0 Å². The maximum atomic E-state index is 11.2. The third-order valence-electron chi connectivity index (χ3n) is 1.46. The van der Waals surface area contributed by atoms with Gasteiger partial charge in [-0.2, -0.15) is 0 Å². The van der Waals surface area contributed by atoms with Crippen LogP contribution in [0.25, 0.3) is 0 Å². The van der Waals surface area contributed by atoms with Crippen LogP contribution < -0.4 is 5.32 Å². The lowest BCUT2D eigenvalue weighted by molar-refractivity contribution is 0.0528. The molecule has 1 unspecified atom stereocenters. The van der Waals surface area contributed by atoms with Crippen LogP contribution in [0.15, 0.2) is 0 Å². The van der Waals surface area contributed by atoms with Gasteiger partial charge >= 0.3 is 14.1 Å². The van der Waals surface area contributed by atoms with Gasteiger partial charge in [0.15, 0.2) is 6.16 Å². The number of ether oxygens (including phenoxy) is 1. The van der Waals surface area contributed by atoms with Gasteiger partial charge < -0.3 is 10.1 Å². The van der Waals surface area contributed by atoms with Crippen molar-refractivity contribution < 1.29 is 18.6 Å². The van der Waals surface area contributed by atoms with Crippen LogP contribution >= 0.6 is 8.03 Å². The highest BCUT2D eigenvalue weighted by Crippen LogP contribution is 2.21. The number of carbonyl (C=O) groups is 1. The van der Waals surface area contributed by atoms with Crippen molar-refractivity contribution in [3.63, 3.8) is 0 Å². The maximum absolute atomic E-state index is 11.2. The van der Waals surface area contributed by atoms with E-state index in [0.29, 0.717) is 25.7 Å². The van der Waals surface area contributed by atoms with Gasteiger partial charge in [-0.3, -0.25) is 0 Å². The summed E-state index contributed by atoms with van der Waals surface area (Å²) in [4.78, 5) is 11.2. The van der Waals surface area contributed by atoms with E-state index in [2.05, 4.69) is 5.32 Å². The first-order valence-electron chi connectivity index (χ1n) is 5.39. The van der Waals surface area contributed by atoms with Crippen LogP contribution in [0.1, 0.15) is 34.1 Å². The molecule has 6 heteroatoms. The van der Waals surface area contributed by atoms with E-state index in [9.17, 15) is 9.36 Å². The number of amides is 1. The van der Waals surface area contributed by atoms with Crippen LogP contribution in [0.4, 0.5) is 4.79 Å². The second-order valence-electron chi connectivity index (χ2n) is 4.26. The van der Waals surface area contributed by atoms with E-state index < -0.39 is 19.7 Å². The molecule has 94 valence electrons. The molecule has 16 heavy (non-hydrogen) atoms. The molecule has 0 aliphatic rings. The van der Waals surface area contributed by atoms with Gasteiger partial charge in [0.05, 0.1) is 6.61 Å². The Balaban J connectivity index is 3.52. The summed E-state index contributed by atoms with van der Waals surface area (Å²) < 4.78 is 21.0. The molecule has 0 aromatic heterocycles. The van der Waals surface area contributed by atoms with Crippen molar-refractivity contribution in [1.82, 2.24) is 5.32 Å². The standard InChI is InChI=1S/C10H20NO4P/c1-5-14-16(13)8-6-7-11-9(12)15-10(2,3)4/h5-8H2,1-4H3/p+1. The zero-order chi connectivity index (χ0) is 12.6. The van der Waals surface area contributed by atoms with Crippen LogP contribution in [0.5, 0.6) is 0 Å². The van der Waals surface area contributed by atoms with Crippen LogP contribution in [-0.2, 0) is 13.8 Å².